The van der Waals surface area contributed by atoms with E-state index < -0.39 is 11.7 Å². The van der Waals surface area contributed by atoms with E-state index in [0.29, 0.717) is 27.7 Å². The first-order valence-corrected chi connectivity index (χ1v) is 7.88. The van der Waals surface area contributed by atoms with Gasteiger partial charge in [-0.15, -0.1) is 4.68 Å². The van der Waals surface area contributed by atoms with Crippen LogP contribution in [0.2, 0.25) is 0 Å². The first-order valence-electron chi connectivity index (χ1n) is 6.29. The molecule has 0 aliphatic heterocycles. The lowest BCUT2D eigenvalue weighted by Gasteiger charge is -2.16. The number of rotatable bonds is 3. The fourth-order valence-corrected chi connectivity index (χ4v) is 3.16. The number of carbonyl (C=O) groups is 1. The van der Waals surface area contributed by atoms with Crippen molar-refractivity contribution < 1.29 is 4.79 Å². The fraction of sp³-hybridized carbons (Fsp3) is 0.333. The van der Waals surface area contributed by atoms with Gasteiger partial charge in [0.15, 0.2) is 0 Å². The second kappa shape index (κ2) is 6.52. The Bertz CT molecular complexity index is 700. The number of nitrogens with zero attached hydrogens (tertiary/aromatic N) is 5. The molecule has 0 radical (unpaired) electrons. The van der Waals surface area contributed by atoms with E-state index in [0.717, 1.165) is 9.36 Å². The van der Waals surface area contributed by atoms with E-state index in [-0.39, 0.29) is 0 Å². The summed E-state index contributed by atoms with van der Waals surface area (Å²) in [5.74, 6) is 0. The van der Waals surface area contributed by atoms with Crippen LogP contribution in [0.4, 0.5) is 4.79 Å². The minimum atomic E-state index is -0.612. The second-order valence-electron chi connectivity index (χ2n) is 4.11. The lowest BCUT2D eigenvalue weighted by atomic mass is 10.3. The molecule has 0 aliphatic rings. The molecular weight excluding hydrogens is 406 g/mol. The molecule has 1 aromatic heterocycles. The molecule has 0 aliphatic carbocycles. The van der Waals surface area contributed by atoms with Gasteiger partial charge in [-0.2, -0.15) is 4.68 Å². The molecule has 0 fully saturated rings. The summed E-state index contributed by atoms with van der Waals surface area (Å²) in [4.78, 5) is 26.1. The molecule has 1 amide bonds. The molecular formula is C12H13Br2N5O2. The molecule has 0 N–H and O–H groups in total. The third-order valence-electron chi connectivity index (χ3n) is 2.95. The number of hydrogen-bond donors (Lipinski definition) is 0. The Kier molecular flexibility index (Phi) is 4.94. The zero-order valence-corrected chi connectivity index (χ0v) is 14.6. The van der Waals surface area contributed by atoms with Crippen LogP contribution in [0.3, 0.4) is 0 Å². The Morgan fingerprint density at radius 1 is 1.19 bits per heavy atom. The largest absolute Gasteiger partial charge is 0.377 e. The van der Waals surface area contributed by atoms with Gasteiger partial charge in [0.25, 0.3) is 0 Å². The van der Waals surface area contributed by atoms with E-state index in [4.69, 9.17) is 0 Å². The highest BCUT2D eigenvalue weighted by Crippen LogP contribution is 2.27. The van der Waals surface area contributed by atoms with E-state index in [2.05, 4.69) is 42.3 Å². The molecule has 0 saturated carbocycles. The van der Waals surface area contributed by atoms with Crippen LogP contribution in [-0.2, 0) is 0 Å². The van der Waals surface area contributed by atoms with Crippen molar-refractivity contribution in [1.29, 1.82) is 0 Å². The molecule has 0 atom stereocenters. The van der Waals surface area contributed by atoms with Crippen LogP contribution in [0.1, 0.15) is 13.8 Å². The molecule has 1 heterocycles. The van der Waals surface area contributed by atoms with E-state index in [1.807, 2.05) is 19.9 Å². The predicted octanol–water partition coefficient (Wildman–Crippen LogP) is 2.26. The standard InChI is InChI=1S/C12H13Br2N5O2/c1-3-17(4-2)11(20)19-12(21)18(15-16-19)10-8(13)6-5-7-9(10)14/h5-7H,3-4H2,1-2H3. The molecule has 21 heavy (non-hydrogen) atoms. The van der Waals surface area contributed by atoms with Crippen molar-refractivity contribution in [3.63, 3.8) is 0 Å². The summed E-state index contributed by atoms with van der Waals surface area (Å²) >= 11 is 6.72. The number of para-hydroxylation sites is 1. The maximum atomic E-state index is 12.4. The van der Waals surface area contributed by atoms with Gasteiger partial charge in [-0.05, 0) is 68.3 Å². The van der Waals surface area contributed by atoms with Gasteiger partial charge in [-0.3, -0.25) is 0 Å². The maximum Gasteiger partial charge on any atom is 0.377 e. The number of tetrazole rings is 1. The Balaban J connectivity index is 2.52. The third-order valence-corrected chi connectivity index (χ3v) is 4.23. The molecule has 7 nitrogen and oxygen atoms in total. The van der Waals surface area contributed by atoms with Crippen LogP contribution in [0, 0.1) is 0 Å². The van der Waals surface area contributed by atoms with E-state index >= 15 is 0 Å². The van der Waals surface area contributed by atoms with E-state index in [1.54, 1.807) is 12.1 Å². The van der Waals surface area contributed by atoms with Gasteiger partial charge in [0.05, 0.1) is 0 Å². The Morgan fingerprint density at radius 3 is 2.29 bits per heavy atom. The Morgan fingerprint density at radius 2 is 1.76 bits per heavy atom. The molecule has 1 aromatic carbocycles. The number of halogens is 2. The summed E-state index contributed by atoms with van der Waals surface area (Å²) in [6.45, 7) is 4.66. The predicted molar refractivity (Wildman–Crippen MR) is 84.7 cm³/mol. The van der Waals surface area contributed by atoms with Crippen molar-refractivity contribution >= 4 is 37.9 Å². The molecule has 0 unspecified atom stereocenters. The lowest BCUT2D eigenvalue weighted by molar-refractivity contribution is 0.200. The third kappa shape index (κ3) is 2.93. The highest BCUT2D eigenvalue weighted by molar-refractivity contribution is 9.11. The number of benzene rings is 1. The van der Waals surface area contributed by atoms with Gasteiger partial charge in [0.1, 0.15) is 5.69 Å². The van der Waals surface area contributed by atoms with Crippen LogP contribution in [-0.4, -0.2) is 43.8 Å². The highest BCUT2D eigenvalue weighted by atomic mass is 79.9. The topological polar surface area (TPSA) is 73.0 Å². The van der Waals surface area contributed by atoms with Gasteiger partial charge < -0.3 is 4.90 Å². The minimum absolute atomic E-state index is 0.487. The van der Waals surface area contributed by atoms with Crippen LogP contribution >= 0.6 is 31.9 Å². The van der Waals surface area contributed by atoms with Crippen molar-refractivity contribution in [2.75, 3.05) is 13.1 Å². The van der Waals surface area contributed by atoms with Gasteiger partial charge in [-0.25, -0.2) is 9.59 Å². The molecule has 2 rings (SSSR count). The van der Waals surface area contributed by atoms with E-state index in [1.165, 1.54) is 4.90 Å². The minimum Gasteiger partial charge on any atom is -0.323 e. The Hall–Kier alpha value is -1.48. The molecule has 9 heteroatoms. The normalized spacial score (nSPS) is 10.7. The second-order valence-corrected chi connectivity index (χ2v) is 5.82. The highest BCUT2D eigenvalue weighted by Gasteiger charge is 2.21. The van der Waals surface area contributed by atoms with Gasteiger partial charge >= 0.3 is 11.7 Å². The zero-order chi connectivity index (χ0) is 15.6. The zero-order valence-electron chi connectivity index (χ0n) is 11.5. The number of hydrogen-bond acceptors (Lipinski definition) is 4. The molecule has 2 aromatic rings. The summed E-state index contributed by atoms with van der Waals surface area (Å²) < 4.78 is 3.18. The quantitative estimate of drug-likeness (QED) is 0.716. The van der Waals surface area contributed by atoms with Gasteiger partial charge in [0.2, 0.25) is 0 Å². The van der Waals surface area contributed by atoms with Crippen molar-refractivity contribution in [3.05, 3.63) is 37.6 Å². The average Bonchev–Trinajstić information content (AvgIpc) is 2.82. The molecule has 0 spiro atoms. The van der Waals surface area contributed by atoms with Crippen molar-refractivity contribution in [3.8, 4) is 5.69 Å². The monoisotopic (exact) mass is 417 g/mol. The molecule has 0 bridgehead atoms. The van der Waals surface area contributed by atoms with E-state index in [9.17, 15) is 9.59 Å². The average molecular weight is 419 g/mol. The summed E-state index contributed by atoms with van der Waals surface area (Å²) in [5, 5.41) is 7.46. The Labute approximate surface area is 137 Å². The maximum absolute atomic E-state index is 12.4. The van der Waals surface area contributed by atoms with Crippen molar-refractivity contribution in [1.82, 2.24) is 24.7 Å². The molecule has 0 saturated heterocycles. The number of carbonyl (C=O) groups excluding carboxylic acids is 1. The first-order chi connectivity index (χ1) is 10.0. The van der Waals surface area contributed by atoms with Crippen LogP contribution in [0.15, 0.2) is 31.9 Å². The van der Waals surface area contributed by atoms with Crippen molar-refractivity contribution in [2.45, 2.75) is 13.8 Å². The van der Waals surface area contributed by atoms with Gasteiger partial charge in [-0.1, -0.05) is 6.07 Å². The lowest BCUT2D eigenvalue weighted by Crippen LogP contribution is -2.40. The summed E-state index contributed by atoms with van der Waals surface area (Å²) in [5.41, 5.74) is -0.111. The summed E-state index contributed by atoms with van der Waals surface area (Å²) in [6, 6.07) is 4.88. The van der Waals surface area contributed by atoms with Crippen LogP contribution in [0.25, 0.3) is 5.69 Å². The van der Waals surface area contributed by atoms with Gasteiger partial charge in [0, 0.05) is 22.0 Å². The number of amides is 1. The first kappa shape index (κ1) is 15.9. The summed E-state index contributed by atoms with van der Waals surface area (Å²) in [7, 11) is 0. The van der Waals surface area contributed by atoms with Crippen LogP contribution < -0.4 is 5.69 Å². The SMILES string of the molecule is CCN(CC)C(=O)n1nnn(-c2c(Br)cccc2Br)c1=O. The smallest absolute Gasteiger partial charge is 0.323 e. The van der Waals surface area contributed by atoms with Crippen LogP contribution in [0.5, 0.6) is 0 Å². The fourth-order valence-electron chi connectivity index (χ4n) is 1.83. The summed E-state index contributed by atoms with van der Waals surface area (Å²) in [6.07, 6.45) is 0. The molecule has 112 valence electrons. The number of aromatic nitrogens is 4. The van der Waals surface area contributed by atoms with Crippen molar-refractivity contribution in [2.24, 2.45) is 0 Å².